The van der Waals surface area contributed by atoms with Crippen LogP contribution in [0.2, 0.25) is 0 Å². The van der Waals surface area contributed by atoms with Gasteiger partial charge in [-0.05, 0) is 61.6 Å². The van der Waals surface area contributed by atoms with Gasteiger partial charge in [-0.3, -0.25) is 4.79 Å². The fourth-order valence-corrected chi connectivity index (χ4v) is 4.15. The molecule has 6 nitrogen and oxygen atoms in total. The molecular weight excluding hydrogens is 352 g/mol. The number of quaternary nitrogens is 1. The maximum absolute atomic E-state index is 12.3. The Morgan fingerprint density at radius 2 is 1.89 bits per heavy atom. The molecule has 146 valence electrons. The van der Waals surface area contributed by atoms with E-state index in [1.165, 1.54) is 16.2 Å². The number of nitrogens with one attached hydrogen (secondary N) is 2. The summed E-state index contributed by atoms with van der Waals surface area (Å²) in [5, 5.41) is 14.8. The van der Waals surface area contributed by atoms with E-state index in [-0.39, 0.29) is 5.91 Å². The summed E-state index contributed by atoms with van der Waals surface area (Å²) in [6, 6.07) is 9.46. The number of amides is 1. The molecule has 0 saturated heterocycles. The summed E-state index contributed by atoms with van der Waals surface area (Å²) in [7, 11) is 4.08. The molecule has 0 spiro atoms. The second-order valence-corrected chi connectivity index (χ2v) is 7.77. The highest BCUT2D eigenvalue weighted by atomic mass is 16.3. The van der Waals surface area contributed by atoms with Gasteiger partial charge >= 0.3 is 0 Å². The number of hydrogen-bond acceptors (Lipinski definition) is 4. The van der Waals surface area contributed by atoms with E-state index in [0.29, 0.717) is 16.9 Å². The Bertz CT molecular complexity index is 917. The van der Waals surface area contributed by atoms with Crippen molar-refractivity contribution in [3.63, 3.8) is 0 Å². The van der Waals surface area contributed by atoms with Crippen LogP contribution in [0.1, 0.15) is 39.9 Å². The molecule has 0 saturated carbocycles. The maximum Gasteiger partial charge on any atom is 0.271 e. The van der Waals surface area contributed by atoms with E-state index in [0.717, 1.165) is 50.0 Å². The van der Waals surface area contributed by atoms with E-state index < -0.39 is 0 Å². The lowest BCUT2D eigenvalue weighted by molar-refractivity contribution is -0.786. The number of rotatable bonds is 4. The van der Waals surface area contributed by atoms with Crippen LogP contribution in [0.4, 0.5) is 11.4 Å². The van der Waals surface area contributed by atoms with Gasteiger partial charge in [-0.15, -0.1) is 0 Å². The van der Waals surface area contributed by atoms with Crippen LogP contribution >= 0.6 is 0 Å². The Hall–Kier alpha value is -2.86. The van der Waals surface area contributed by atoms with Crippen molar-refractivity contribution in [2.45, 2.75) is 25.7 Å². The average Bonchev–Trinajstić information content (AvgIpc) is 2.71. The summed E-state index contributed by atoms with van der Waals surface area (Å²) in [6.45, 7) is 2.13. The van der Waals surface area contributed by atoms with Gasteiger partial charge in [0.1, 0.15) is 11.4 Å². The average molecular weight is 379 g/mol. The van der Waals surface area contributed by atoms with E-state index in [1.807, 2.05) is 32.3 Å². The fourth-order valence-electron chi connectivity index (χ4n) is 4.15. The zero-order chi connectivity index (χ0) is 19.7. The van der Waals surface area contributed by atoms with Crippen LogP contribution < -0.4 is 15.2 Å². The number of aromatic hydroxyl groups is 1. The number of hydrogen-bond donors (Lipinski definition) is 3. The highest BCUT2D eigenvalue weighted by molar-refractivity contribution is 5.95. The van der Waals surface area contributed by atoms with Crippen LogP contribution in [0.25, 0.3) is 0 Å². The van der Waals surface area contributed by atoms with Gasteiger partial charge in [-0.2, -0.15) is 5.10 Å². The Balaban J connectivity index is 1.51. The SMILES string of the molecule is C[NH+](C)c1ccc(C(=O)N/N=C/c2cc3c4c(c2O)CCCN4CCC3)cc1. The van der Waals surface area contributed by atoms with Crippen molar-refractivity contribution in [3.05, 3.63) is 52.6 Å². The van der Waals surface area contributed by atoms with Crippen molar-refractivity contribution in [3.8, 4) is 5.75 Å². The highest BCUT2D eigenvalue weighted by Crippen LogP contribution is 2.41. The molecular formula is C22H27N4O2+. The number of carbonyl (C=O) groups is 1. The predicted octanol–water partition coefficient (Wildman–Crippen LogP) is 1.63. The van der Waals surface area contributed by atoms with E-state index in [4.69, 9.17) is 0 Å². The van der Waals surface area contributed by atoms with Crippen molar-refractivity contribution in [2.75, 3.05) is 32.1 Å². The lowest BCUT2D eigenvalue weighted by Gasteiger charge is -2.37. The van der Waals surface area contributed by atoms with E-state index in [9.17, 15) is 9.90 Å². The van der Waals surface area contributed by atoms with E-state index >= 15 is 0 Å². The quantitative estimate of drug-likeness (QED) is 0.559. The molecule has 2 heterocycles. The first-order valence-corrected chi connectivity index (χ1v) is 9.91. The van der Waals surface area contributed by atoms with Crippen LogP contribution in [-0.2, 0) is 12.8 Å². The minimum atomic E-state index is -0.262. The number of phenolic OH excluding ortho intramolecular Hbond substituents is 1. The molecule has 6 heteroatoms. The number of carbonyl (C=O) groups excluding carboxylic acids is 1. The topological polar surface area (TPSA) is 69.4 Å². The van der Waals surface area contributed by atoms with Crippen molar-refractivity contribution in [1.82, 2.24) is 5.43 Å². The summed E-state index contributed by atoms with van der Waals surface area (Å²) in [5.74, 6) is 0.0307. The molecule has 0 aromatic heterocycles. The highest BCUT2D eigenvalue weighted by Gasteiger charge is 2.27. The maximum atomic E-state index is 12.3. The van der Waals surface area contributed by atoms with Gasteiger partial charge in [0.05, 0.1) is 20.3 Å². The molecule has 28 heavy (non-hydrogen) atoms. The second-order valence-electron chi connectivity index (χ2n) is 7.77. The van der Waals surface area contributed by atoms with Crippen molar-refractivity contribution >= 4 is 23.5 Å². The molecule has 0 atom stereocenters. The number of aryl methyl sites for hydroxylation is 1. The third-order valence-corrected chi connectivity index (χ3v) is 5.62. The number of benzene rings is 2. The normalized spacial score (nSPS) is 15.8. The summed E-state index contributed by atoms with van der Waals surface area (Å²) in [5.41, 5.74) is 8.43. The molecule has 4 rings (SSSR count). The first-order chi connectivity index (χ1) is 13.5. The Labute approximate surface area is 165 Å². The molecule has 0 unspecified atom stereocenters. The van der Waals surface area contributed by atoms with Gasteiger partial charge in [0.2, 0.25) is 0 Å². The summed E-state index contributed by atoms with van der Waals surface area (Å²) < 4.78 is 0. The molecule has 2 aliphatic heterocycles. The minimum absolute atomic E-state index is 0.262. The van der Waals surface area contributed by atoms with Crippen molar-refractivity contribution < 1.29 is 14.8 Å². The van der Waals surface area contributed by atoms with Gasteiger partial charge in [-0.25, -0.2) is 5.43 Å². The molecule has 0 bridgehead atoms. The first kappa shape index (κ1) is 18.5. The van der Waals surface area contributed by atoms with Gasteiger partial charge in [-0.1, -0.05) is 0 Å². The molecule has 0 fully saturated rings. The predicted molar refractivity (Wildman–Crippen MR) is 111 cm³/mol. The monoisotopic (exact) mass is 379 g/mol. The molecule has 1 amide bonds. The summed E-state index contributed by atoms with van der Waals surface area (Å²) in [4.78, 5) is 15.9. The Morgan fingerprint density at radius 1 is 1.18 bits per heavy atom. The van der Waals surface area contributed by atoms with E-state index in [2.05, 4.69) is 15.4 Å². The third-order valence-electron chi connectivity index (χ3n) is 5.62. The number of anilines is 1. The zero-order valence-corrected chi connectivity index (χ0v) is 16.5. The van der Waals surface area contributed by atoms with Crippen LogP contribution in [0, 0.1) is 0 Å². The van der Waals surface area contributed by atoms with Crippen molar-refractivity contribution in [2.24, 2.45) is 5.10 Å². The van der Waals surface area contributed by atoms with Crippen LogP contribution in [0.5, 0.6) is 5.75 Å². The van der Waals surface area contributed by atoms with Crippen LogP contribution in [-0.4, -0.2) is 44.4 Å². The largest absolute Gasteiger partial charge is 0.507 e. The van der Waals surface area contributed by atoms with Crippen LogP contribution in [0.15, 0.2) is 35.4 Å². The Kier molecular flexibility index (Phi) is 5.05. The second kappa shape index (κ2) is 7.64. The minimum Gasteiger partial charge on any atom is -0.507 e. The lowest BCUT2D eigenvalue weighted by atomic mass is 9.89. The smallest absolute Gasteiger partial charge is 0.271 e. The molecule has 0 radical (unpaired) electrons. The van der Waals surface area contributed by atoms with Gasteiger partial charge in [0, 0.05) is 35.5 Å². The van der Waals surface area contributed by atoms with Crippen molar-refractivity contribution in [1.29, 1.82) is 0 Å². The van der Waals surface area contributed by atoms with Gasteiger partial charge in [0.15, 0.2) is 0 Å². The number of nitrogens with zero attached hydrogens (tertiary/aromatic N) is 2. The van der Waals surface area contributed by atoms with Crippen LogP contribution in [0.3, 0.4) is 0 Å². The van der Waals surface area contributed by atoms with E-state index in [1.54, 1.807) is 18.3 Å². The standard InChI is InChI=1S/C22H26N4O2/c1-25(2)18-9-7-15(8-10-18)22(28)24-23-14-17-13-16-5-3-11-26-12-4-6-19(20(16)26)21(17)27/h7-10,13-14,27H,3-6,11-12H2,1-2H3,(H,24,28)/p+1/b23-14+. The summed E-state index contributed by atoms with van der Waals surface area (Å²) >= 11 is 0. The molecule has 2 aliphatic rings. The molecule has 3 N–H and O–H groups in total. The fraction of sp³-hybridized carbons (Fsp3) is 0.364. The molecule has 0 aliphatic carbocycles. The summed E-state index contributed by atoms with van der Waals surface area (Å²) in [6.07, 6.45) is 5.65. The molecule has 2 aromatic carbocycles. The molecule has 2 aromatic rings. The Morgan fingerprint density at radius 3 is 2.61 bits per heavy atom. The van der Waals surface area contributed by atoms with Gasteiger partial charge in [0.25, 0.3) is 5.91 Å². The zero-order valence-electron chi connectivity index (χ0n) is 16.5. The lowest BCUT2D eigenvalue weighted by Crippen LogP contribution is -3.00. The van der Waals surface area contributed by atoms with Gasteiger partial charge < -0.3 is 14.9 Å². The number of hydrazone groups is 1. The number of phenols is 1. The third kappa shape index (κ3) is 3.47. The first-order valence-electron chi connectivity index (χ1n) is 9.91.